The lowest BCUT2D eigenvalue weighted by Gasteiger charge is -2.22. The average molecular weight is 381 g/mol. The molecule has 0 saturated heterocycles. The van der Waals surface area contributed by atoms with Crippen molar-refractivity contribution in [2.24, 2.45) is 0 Å². The summed E-state index contributed by atoms with van der Waals surface area (Å²) in [5.41, 5.74) is 1.70. The zero-order chi connectivity index (χ0) is 19.5. The van der Waals surface area contributed by atoms with E-state index in [4.69, 9.17) is 17.0 Å². The maximum Gasteiger partial charge on any atom is 0.257 e. The normalized spacial score (nSPS) is 9.93. The second-order valence-corrected chi connectivity index (χ2v) is 6.24. The number of ether oxygens (including phenoxy) is 1. The van der Waals surface area contributed by atoms with E-state index in [1.807, 2.05) is 24.3 Å². The van der Waals surface area contributed by atoms with Crippen LogP contribution in [0.25, 0.3) is 0 Å². The number of carbonyl (C=O) groups is 1. The van der Waals surface area contributed by atoms with E-state index in [0.29, 0.717) is 36.1 Å². The molecule has 0 atom stereocenters. The molecule has 0 radical (unpaired) electrons. The molecule has 2 aromatic carbocycles. The van der Waals surface area contributed by atoms with E-state index in [1.165, 1.54) is 5.56 Å². The number of nitrogens with zero attached hydrogens (tertiary/aromatic N) is 1. The number of carbonyl (C=O) groups excluding carboxylic acids is 1. The summed E-state index contributed by atoms with van der Waals surface area (Å²) in [7, 11) is 0. The molecule has 0 fully saturated rings. The summed E-state index contributed by atoms with van der Waals surface area (Å²) in [4.78, 5) is 14.3. The van der Waals surface area contributed by atoms with Gasteiger partial charge < -0.3 is 9.64 Å². The van der Waals surface area contributed by atoms with Gasteiger partial charge in [0.05, 0.1) is 6.61 Å². The van der Waals surface area contributed by atoms with Gasteiger partial charge >= 0.3 is 0 Å². The van der Waals surface area contributed by atoms with Crippen LogP contribution in [0.1, 0.15) is 15.9 Å². The first-order valence-electron chi connectivity index (χ1n) is 8.73. The minimum absolute atomic E-state index is 0.272. The highest BCUT2D eigenvalue weighted by atomic mass is 32.1. The minimum Gasteiger partial charge on any atom is -0.493 e. The molecule has 2 rings (SSSR count). The second-order valence-electron chi connectivity index (χ2n) is 5.85. The topological polar surface area (TPSA) is 41.6 Å². The fraction of sp³-hybridized carbons (Fsp3) is 0.182. The van der Waals surface area contributed by atoms with Crippen molar-refractivity contribution in [2.45, 2.75) is 6.42 Å². The van der Waals surface area contributed by atoms with Crippen LogP contribution in [-0.4, -0.2) is 35.6 Å². The van der Waals surface area contributed by atoms with Crippen LogP contribution in [0.3, 0.4) is 0 Å². The van der Waals surface area contributed by atoms with Crippen LogP contribution >= 0.6 is 12.2 Å². The first-order valence-corrected chi connectivity index (χ1v) is 9.13. The van der Waals surface area contributed by atoms with Gasteiger partial charge in [0.1, 0.15) is 5.75 Å². The van der Waals surface area contributed by atoms with Crippen molar-refractivity contribution < 1.29 is 9.53 Å². The maximum absolute atomic E-state index is 12.5. The Morgan fingerprint density at radius 3 is 2.44 bits per heavy atom. The maximum atomic E-state index is 12.5. The SMILES string of the molecule is C=CCN(CC=C)C(=S)NC(=O)c1cccc(OCCc2ccccc2)c1. The number of hydrogen-bond donors (Lipinski definition) is 1. The lowest BCUT2D eigenvalue weighted by Crippen LogP contribution is -2.42. The summed E-state index contributed by atoms with van der Waals surface area (Å²) in [5.74, 6) is 0.380. The van der Waals surface area contributed by atoms with Crippen LogP contribution in [0.2, 0.25) is 0 Å². The number of thiocarbonyl (C=S) groups is 1. The van der Waals surface area contributed by atoms with Gasteiger partial charge in [0, 0.05) is 25.1 Å². The van der Waals surface area contributed by atoms with Crippen LogP contribution in [0.15, 0.2) is 79.9 Å². The Bertz CT molecular complexity index is 780. The molecular weight excluding hydrogens is 356 g/mol. The molecule has 0 saturated carbocycles. The summed E-state index contributed by atoms with van der Waals surface area (Å²) in [6.07, 6.45) is 4.26. The predicted molar refractivity (Wildman–Crippen MR) is 114 cm³/mol. The summed E-state index contributed by atoms with van der Waals surface area (Å²) in [5, 5.41) is 3.09. The van der Waals surface area contributed by atoms with Crippen molar-refractivity contribution in [3.05, 3.63) is 91.0 Å². The Hall–Kier alpha value is -2.92. The molecule has 0 aromatic heterocycles. The van der Waals surface area contributed by atoms with Crippen LogP contribution in [0, 0.1) is 0 Å². The highest BCUT2D eigenvalue weighted by molar-refractivity contribution is 7.80. The fourth-order valence-corrected chi connectivity index (χ4v) is 2.70. The monoisotopic (exact) mass is 380 g/mol. The Balaban J connectivity index is 1.92. The third kappa shape index (κ3) is 6.72. The molecule has 0 bridgehead atoms. The van der Waals surface area contributed by atoms with Gasteiger partial charge in [-0.25, -0.2) is 0 Å². The lowest BCUT2D eigenvalue weighted by molar-refractivity contribution is 0.0973. The van der Waals surface area contributed by atoms with E-state index in [-0.39, 0.29) is 5.91 Å². The van der Waals surface area contributed by atoms with Gasteiger partial charge in [-0.1, -0.05) is 48.6 Å². The molecule has 1 amide bonds. The minimum atomic E-state index is -0.272. The van der Waals surface area contributed by atoms with Gasteiger partial charge in [-0.15, -0.1) is 13.2 Å². The molecule has 0 unspecified atom stereocenters. The largest absolute Gasteiger partial charge is 0.493 e. The molecule has 1 N–H and O–H groups in total. The molecule has 0 heterocycles. The van der Waals surface area contributed by atoms with Crippen molar-refractivity contribution in [3.8, 4) is 5.75 Å². The van der Waals surface area contributed by atoms with E-state index in [1.54, 1.807) is 35.3 Å². The van der Waals surface area contributed by atoms with E-state index in [2.05, 4.69) is 30.6 Å². The third-order valence-electron chi connectivity index (χ3n) is 3.81. The standard InChI is InChI=1S/C22H24N2O2S/c1-3-14-24(15-4-2)22(27)23-21(25)19-11-8-12-20(17-19)26-16-13-18-9-6-5-7-10-18/h3-12,17H,1-2,13-16H2,(H,23,25,27). The van der Waals surface area contributed by atoms with Gasteiger partial charge in [0.15, 0.2) is 5.11 Å². The van der Waals surface area contributed by atoms with E-state index in [9.17, 15) is 4.79 Å². The van der Waals surface area contributed by atoms with Crippen LogP contribution in [0.5, 0.6) is 5.75 Å². The van der Waals surface area contributed by atoms with Crippen LogP contribution in [0.4, 0.5) is 0 Å². The molecule has 27 heavy (non-hydrogen) atoms. The lowest BCUT2D eigenvalue weighted by atomic mass is 10.2. The van der Waals surface area contributed by atoms with Gasteiger partial charge in [0.25, 0.3) is 5.91 Å². The van der Waals surface area contributed by atoms with Crippen molar-refractivity contribution >= 4 is 23.2 Å². The zero-order valence-electron chi connectivity index (χ0n) is 15.3. The number of amides is 1. The van der Waals surface area contributed by atoms with E-state index in [0.717, 1.165) is 6.42 Å². The van der Waals surface area contributed by atoms with Crippen LogP contribution < -0.4 is 10.1 Å². The molecule has 0 aliphatic rings. The van der Waals surface area contributed by atoms with Gasteiger partial charge in [-0.3, -0.25) is 10.1 Å². The van der Waals surface area contributed by atoms with Crippen molar-refractivity contribution in [3.63, 3.8) is 0 Å². The Labute approximate surface area is 166 Å². The van der Waals surface area contributed by atoms with Crippen molar-refractivity contribution in [1.82, 2.24) is 10.2 Å². The Morgan fingerprint density at radius 1 is 1.07 bits per heavy atom. The zero-order valence-corrected chi connectivity index (χ0v) is 16.1. The quantitative estimate of drug-likeness (QED) is 0.527. The number of hydrogen-bond acceptors (Lipinski definition) is 3. The Kier molecular flexibility index (Phi) is 8.26. The summed E-state index contributed by atoms with van der Waals surface area (Å²) in [6, 6.07) is 17.2. The molecule has 5 heteroatoms. The molecule has 0 aliphatic carbocycles. The van der Waals surface area contributed by atoms with Gasteiger partial charge in [-0.05, 0) is 36.0 Å². The molecule has 140 valence electrons. The molecule has 2 aromatic rings. The van der Waals surface area contributed by atoms with E-state index >= 15 is 0 Å². The summed E-state index contributed by atoms with van der Waals surface area (Å²) in [6.45, 7) is 9.01. The van der Waals surface area contributed by atoms with Crippen LogP contribution in [-0.2, 0) is 6.42 Å². The first-order chi connectivity index (χ1) is 13.1. The smallest absolute Gasteiger partial charge is 0.257 e. The average Bonchev–Trinajstić information content (AvgIpc) is 2.69. The van der Waals surface area contributed by atoms with E-state index < -0.39 is 0 Å². The highest BCUT2D eigenvalue weighted by Gasteiger charge is 2.12. The summed E-state index contributed by atoms with van der Waals surface area (Å²) < 4.78 is 5.78. The molecule has 4 nitrogen and oxygen atoms in total. The molecular formula is C22H24N2O2S. The first kappa shape index (κ1) is 20.4. The van der Waals surface area contributed by atoms with Crippen molar-refractivity contribution in [2.75, 3.05) is 19.7 Å². The fourth-order valence-electron chi connectivity index (χ4n) is 2.46. The number of rotatable bonds is 9. The van der Waals surface area contributed by atoms with Crippen molar-refractivity contribution in [1.29, 1.82) is 0 Å². The molecule has 0 aliphatic heterocycles. The predicted octanol–water partition coefficient (Wildman–Crippen LogP) is 4.00. The molecule has 0 spiro atoms. The summed E-state index contributed by atoms with van der Waals surface area (Å²) >= 11 is 5.31. The highest BCUT2D eigenvalue weighted by Crippen LogP contribution is 2.14. The Morgan fingerprint density at radius 2 is 1.78 bits per heavy atom. The third-order valence-corrected chi connectivity index (χ3v) is 4.17. The van der Waals surface area contributed by atoms with Gasteiger partial charge in [0.2, 0.25) is 0 Å². The second kappa shape index (κ2) is 10.9. The van der Waals surface area contributed by atoms with Gasteiger partial charge in [-0.2, -0.15) is 0 Å². The number of benzene rings is 2. The number of nitrogens with one attached hydrogen (secondary N) is 1.